The van der Waals surface area contributed by atoms with E-state index in [0.717, 1.165) is 12.0 Å². The van der Waals surface area contributed by atoms with Gasteiger partial charge in [0.2, 0.25) is 0 Å². The van der Waals surface area contributed by atoms with Gasteiger partial charge in [0.25, 0.3) is 5.56 Å². The van der Waals surface area contributed by atoms with Gasteiger partial charge in [0, 0.05) is 12.3 Å². The molecule has 0 bridgehead atoms. The van der Waals surface area contributed by atoms with Crippen molar-refractivity contribution in [2.45, 2.75) is 11.6 Å². The van der Waals surface area contributed by atoms with Crippen molar-refractivity contribution in [2.75, 3.05) is 5.75 Å². The average molecular weight is 213 g/mol. The van der Waals surface area contributed by atoms with Crippen LogP contribution in [-0.2, 0) is 6.54 Å². The van der Waals surface area contributed by atoms with Crippen molar-refractivity contribution in [1.82, 2.24) is 9.55 Å². The molecule has 0 aliphatic carbocycles. The number of nitrogens with zero attached hydrogens (tertiary/aromatic N) is 2. The van der Waals surface area contributed by atoms with E-state index in [1.165, 1.54) is 16.3 Å². The van der Waals surface area contributed by atoms with Crippen molar-refractivity contribution >= 4 is 18.0 Å². The van der Waals surface area contributed by atoms with E-state index in [1.54, 1.807) is 0 Å². The zero-order chi connectivity index (χ0) is 10.1. The van der Waals surface area contributed by atoms with Gasteiger partial charge in [-0.15, -0.1) is 11.8 Å². The maximum atomic E-state index is 11.3. The monoisotopic (exact) mass is 213 g/mol. The average Bonchev–Trinajstić information content (AvgIpc) is 2.60. The molecule has 0 atom stereocenters. The van der Waals surface area contributed by atoms with E-state index in [0.29, 0.717) is 11.6 Å². The van der Waals surface area contributed by atoms with E-state index in [1.807, 2.05) is 0 Å². The van der Waals surface area contributed by atoms with Gasteiger partial charge in [-0.3, -0.25) is 14.3 Å². The van der Waals surface area contributed by atoms with Crippen LogP contribution in [0, 0.1) is 0 Å². The number of hydrogen-bond acceptors (Lipinski definition) is 5. The summed E-state index contributed by atoms with van der Waals surface area (Å²) in [5.41, 5.74) is -0.701. The summed E-state index contributed by atoms with van der Waals surface area (Å²) in [6.45, 7) is 0.571. The molecule has 1 aliphatic rings. The topological polar surface area (TPSA) is 87.5 Å². The van der Waals surface area contributed by atoms with Crippen LogP contribution in [0.15, 0.2) is 19.8 Å². The fourth-order valence-electron chi connectivity index (χ4n) is 1.33. The van der Waals surface area contributed by atoms with Gasteiger partial charge in [0.15, 0.2) is 0 Å². The lowest BCUT2D eigenvalue weighted by Gasteiger charge is -2.02. The molecule has 1 aromatic heterocycles. The number of oxime groups is 1. The lowest BCUT2D eigenvalue weighted by molar-refractivity contribution is 0.321. The summed E-state index contributed by atoms with van der Waals surface area (Å²) >= 11 is 1.40. The molecule has 0 spiro atoms. The summed E-state index contributed by atoms with van der Waals surface area (Å²) in [5, 5.41) is 11.7. The fraction of sp³-hybridized carbons (Fsp3) is 0.286. The summed E-state index contributed by atoms with van der Waals surface area (Å²) in [4.78, 5) is 24.7. The molecule has 6 nitrogen and oxygen atoms in total. The second kappa shape index (κ2) is 3.33. The Kier molecular flexibility index (Phi) is 2.16. The second-order valence-electron chi connectivity index (χ2n) is 2.72. The summed E-state index contributed by atoms with van der Waals surface area (Å²) < 4.78 is 1.46. The SMILES string of the molecule is O=c1[nH]c(=O)n2c(c1/C=N/O)SCC2. The minimum absolute atomic E-state index is 0.231. The molecule has 14 heavy (non-hydrogen) atoms. The van der Waals surface area contributed by atoms with Crippen molar-refractivity contribution in [1.29, 1.82) is 0 Å². The Morgan fingerprint density at radius 2 is 2.36 bits per heavy atom. The van der Waals surface area contributed by atoms with Crippen LogP contribution in [0.25, 0.3) is 0 Å². The van der Waals surface area contributed by atoms with Gasteiger partial charge in [-0.05, 0) is 0 Å². The van der Waals surface area contributed by atoms with E-state index >= 15 is 0 Å². The van der Waals surface area contributed by atoms with E-state index in [-0.39, 0.29) is 5.56 Å². The third-order valence-corrected chi connectivity index (χ3v) is 3.03. The minimum atomic E-state index is -0.520. The van der Waals surface area contributed by atoms with Crippen molar-refractivity contribution in [3.8, 4) is 0 Å². The smallest absolute Gasteiger partial charge is 0.329 e. The maximum absolute atomic E-state index is 11.3. The molecule has 2 N–H and O–H groups in total. The molecule has 1 aromatic rings. The first-order chi connectivity index (χ1) is 6.74. The molecular formula is C7H7N3O3S. The second-order valence-corrected chi connectivity index (χ2v) is 3.81. The van der Waals surface area contributed by atoms with Gasteiger partial charge in [-0.2, -0.15) is 0 Å². The normalized spacial score (nSPS) is 14.9. The van der Waals surface area contributed by atoms with Crippen molar-refractivity contribution in [3.05, 3.63) is 26.4 Å². The Hall–Kier alpha value is -1.50. The van der Waals surface area contributed by atoms with Gasteiger partial charge in [0.05, 0.1) is 16.8 Å². The first-order valence-corrected chi connectivity index (χ1v) is 4.90. The van der Waals surface area contributed by atoms with Crippen LogP contribution in [0.3, 0.4) is 0 Å². The molecule has 7 heteroatoms. The van der Waals surface area contributed by atoms with Gasteiger partial charge in [-0.1, -0.05) is 5.16 Å². The molecule has 2 rings (SSSR count). The molecule has 0 aromatic carbocycles. The van der Waals surface area contributed by atoms with Crippen LogP contribution in [0.4, 0.5) is 0 Å². The number of fused-ring (bicyclic) bond motifs is 1. The Morgan fingerprint density at radius 3 is 3.07 bits per heavy atom. The molecule has 74 valence electrons. The Balaban J connectivity index is 2.78. The standard InChI is InChI=1S/C7H7N3O3S/c11-5-4(3-8-13)6-10(1-2-14-6)7(12)9-5/h3,13H,1-2H2,(H,9,11,12)/b8-3+. The number of aromatic nitrogens is 2. The number of nitrogens with one attached hydrogen (secondary N) is 1. The quantitative estimate of drug-likeness (QED) is 0.283. The highest BCUT2D eigenvalue weighted by atomic mass is 32.2. The van der Waals surface area contributed by atoms with Crippen LogP contribution in [0.2, 0.25) is 0 Å². The number of H-pyrrole nitrogens is 1. The molecule has 0 fully saturated rings. The molecule has 0 radical (unpaired) electrons. The third kappa shape index (κ3) is 1.25. The lowest BCUT2D eigenvalue weighted by atomic mass is 10.3. The minimum Gasteiger partial charge on any atom is -0.411 e. The van der Waals surface area contributed by atoms with Crippen molar-refractivity contribution in [2.24, 2.45) is 5.16 Å². The highest BCUT2D eigenvalue weighted by Gasteiger charge is 2.18. The maximum Gasteiger partial charge on any atom is 0.329 e. The highest BCUT2D eigenvalue weighted by Crippen LogP contribution is 2.23. The Labute approximate surface area is 82.3 Å². The zero-order valence-corrected chi connectivity index (χ0v) is 7.87. The van der Waals surface area contributed by atoms with E-state index in [2.05, 4.69) is 10.1 Å². The van der Waals surface area contributed by atoms with Gasteiger partial charge >= 0.3 is 5.69 Å². The predicted octanol–water partition coefficient (Wildman–Crippen LogP) is -0.550. The van der Waals surface area contributed by atoms with Crippen molar-refractivity contribution in [3.63, 3.8) is 0 Å². The van der Waals surface area contributed by atoms with Crippen LogP contribution in [0.5, 0.6) is 0 Å². The summed E-state index contributed by atoms with van der Waals surface area (Å²) in [6, 6.07) is 0. The zero-order valence-electron chi connectivity index (χ0n) is 7.06. The molecule has 0 unspecified atom stereocenters. The summed E-state index contributed by atoms with van der Waals surface area (Å²) in [6.07, 6.45) is 1.04. The third-order valence-electron chi connectivity index (χ3n) is 1.93. The van der Waals surface area contributed by atoms with Gasteiger partial charge < -0.3 is 5.21 Å². The van der Waals surface area contributed by atoms with E-state index < -0.39 is 11.2 Å². The summed E-state index contributed by atoms with van der Waals surface area (Å²) in [5.74, 6) is 0.749. The molecule has 0 saturated carbocycles. The first-order valence-electron chi connectivity index (χ1n) is 3.91. The Bertz CT molecular complexity index is 502. The van der Waals surface area contributed by atoms with Crippen LogP contribution in [-0.4, -0.2) is 26.7 Å². The van der Waals surface area contributed by atoms with Crippen LogP contribution >= 0.6 is 11.8 Å². The number of rotatable bonds is 1. The van der Waals surface area contributed by atoms with E-state index in [4.69, 9.17) is 5.21 Å². The highest BCUT2D eigenvalue weighted by molar-refractivity contribution is 7.99. The first kappa shape index (κ1) is 9.07. The molecule has 0 amide bonds. The molecule has 1 aliphatic heterocycles. The lowest BCUT2D eigenvalue weighted by Crippen LogP contribution is -2.32. The number of thioether (sulfide) groups is 1. The number of aromatic amines is 1. The number of hydrogen-bond donors (Lipinski definition) is 2. The van der Waals surface area contributed by atoms with E-state index in [9.17, 15) is 9.59 Å². The largest absolute Gasteiger partial charge is 0.411 e. The van der Waals surface area contributed by atoms with Gasteiger partial charge in [0.1, 0.15) is 0 Å². The summed E-state index contributed by atoms with van der Waals surface area (Å²) in [7, 11) is 0. The molecular weight excluding hydrogens is 206 g/mol. The van der Waals surface area contributed by atoms with Crippen LogP contribution < -0.4 is 11.2 Å². The van der Waals surface area contributed by atoms with Crippen molar-refractivity contribution < 1.29 is 5.21 Å². The van der Waals surface area contributed by atoms with Crippen LogP contribution in [0.1, 0.15) is 5.56 Å². The predicted molar refractivity (Wildman–Crippen MR) is 51.4 cm³/mol. The Morgan fingerprint density at radius 1 is 1.57 bits per heavy atom. The molecule has 2 heterocycles. The fourth-order valence-corrected chi connectivity index (χ4v) is 2.43. The molecule has 0 saturated heterocycles. The van der Waals surface area contributed by atoms with Gasteiger partial charge in [-0.25, -0.2) is 4.79 Å².